The third-order valence-electron chi connectivity index (χ3n) is 6.11. The molecule has 34 heavy (non-hydrogen) atoms. The Morgan fingerprint density at radius 3 is 1.94 bits per heavy atom. The number of likely N-dealkylation sites (tertiary alicyclic amines) is 1. The largest absolute Gasteiger partial charge is 0.497 e. The zero-order valence-corrected chi connectivity index (χ0v) is 19.5. The number of benzene rings is 3. The van der Waals surface area contributed by atoms with E-state index in [1.165, 1.54) is 0 Å². The van der Waals surface area contributed by atoms with E-state index in [2.05, 4.69) is 41.7 Å². The van der Waals surface area contributed by atoms with E-state index < -0.39 is 11.8 Å². The quantitative estimate of drug-likeness (QED) is 0.413. The molecule has 4 rings (SSSR count). The second kappa shape index (κ2) is 11.3. The van der Waals surface area contributed by atoms with Crippen molar-refractivity contribution in [3.05, 3.63) is 102 Å². The number of methoxy groups -OCH3 is 1. The van der Waals surface area contributed by atoms with E-state index in [0.29, 0.717) is 26.1 Å². The lowest BCUT2D eigenvalue weighted by molar-refractivity contribution is -0.145. The second-order valence-corrected chi connectivity index (χ2v) is 8.32. The average molecular weight is 455 g/mol. The molecule has 0 spiro atoms. The van der Waals surface area contributed by atoms with Gasteiger partial charge in [0.05, 0.1) is 7.11 Å². The summed E-state index contributed by atoms with van der Waals surface area (Å²) in [6.07, 6.45) is 2.50. The number of rotatable bonds is 7. The molecule has 0 bridgehead atoms. The lowest BCUT2D eigenvalue weighted by atomic mass is 9.88. The summed E-state index contributed by atoms with van der Waals surface area (Å²) in [5.41, 5.74) is 5.43. The Kier molecular flexibility index (Phi) is 7.76. The van der Waals surface area contributed by atoms with Crippen LogP contribution in [0.3, 0.4) is 0 Å². The van der Waals surface area contributed by atoms with Crippen molar-refractivity contribution in [2.75, 3.05) is 26.7 Å². The monoisotopic (exact) mass is 454 g/mol. The van der Waals surface area contributed by atoms with Crippen molar-refractivity contribution in [1.82, 2.24) is 10.2 Å². The molecule has 0 unspecified atom stereocenters. The van der Waals surface area contributed by atoms with Crippen LogP contribution >= 0.6 is 0 Å². The van der Waals surface area contributed by atoms with E-state index in [0.717, 1.165) is 46.4 Å². The van der Waals surface area contributed by atoms with Crippen LogP contribution in [0.2, 0.25) is 0 Å². The van der Waals surface area contributed by atoms with Gasteiger partial charge in [-0.05, 0) is 59.2 Å². The minimum absolute atomic E-state index is 0.370. The predicted molar refractivity (Wildman–Crippen MR) is 135 cm³/mol. The Balaban J connectivity index is 1.67. The molecular formula is C29H30N2O3. The SMILES string of the molecule is COc1ccc(C(=C(CCNC(=O)C(=O)N2CCCC2)c2ccccc2)c2ccccc2)cc1. The number of hydrogen-bond acceptors (Lipinski definition) is 3. The molecule has 0 saturated carbocycles. The normalized spacial score (nSPS) is 13.9. The standard InChI is InChI=1S/C29H30N2O3/c1-34-25-16-14-24(15-17-25)27(23-12-6-3-7-13-23)26(22-10-4-2-5-11-22)18-19-30-28(32)29(33)31-20-8-9-21-31/h2-7,10-17H,8-9,18-21H2,1H3,(H,30,32). The topological polar surface area (TPSA) is 58.6 Å². The molecule has 1 heterocycles. The van der Waals surface area contributed by atoms with Crippen molar-refractivity contribution >= 4 is 23.0 Å². The molecule has 1 aliphatic rings. The van der Waals surface area contributed by atoms with Gasteiger partial charge in [0.15, 0.2) is 0 Å². The number of carbonyl (C=O) groups excluding carboxylic acids is 2. The van der Waals surface area contributed by atoms with Crippen LogP contribution in [0.4, 0.5) is 0 Å². The highest BCUT2D eigenvalue weighted by Gasteiger charge is 2.24. The Bertz CT molecular complexity index is 1130. The molecule has 1 N–H and O–H groups in total. The summed E-state index contributed by atoms with van der Waals surface area (Å²) in [5, 5.41) is 2.85. The highest BCUT2D eigenvalue weighted by molar-refractivity contribution is 6.35. The van der Waals surface area contributed by atoms with Crippen molar-refractivity contribution in [3.63, 3.8) is 0 Å². The third-order valence-corrected chi connectivity index (χ3v) is 6.11. The summed E-state index contributed by atoms with van der Waals surface area (Å²) in [5.74, 6) is -0.161. The van der Waals surface area contributed by atoms with E-state index in [-0.39, 0.29) is 0 Å². The van der Waals surface area contributed by atoms with E-state index in [4.69, 9.17) is 4.74 Å². The Morgan fingerprint density at radius 1 is 0.794 bits per heavy atom. The minimum atomic E-state index is -0.528. The summed E-state index contributed by atoms with van der Waals surface area (Å²) in [6, 6.07) is 28.5. The van der Waals surface area contributed by atoms with Crippen LogP contribution < -0.4 is 10.1 Å². The van der Waals surface area contributed by atoms with Crippen LogP contribution in [0, 0.1) is 0 Å². The summed E-state index contributed by atoms with van der Waals surface area (Å²) in [4.78, 5) is 26.5. The zero-order chi connectivity index (χ0) is 23.8. The molecule has 5 heteroatoms. The van der Waals surface area contributed by atoms with Crippen molar-refractivity contribution in [2.45, 2.75) is 19.3 Å². The molecule has 0 aromatic heterocycles. The van der Waals surface area contributed by atoms with Crippen molar-refractivity contribution in [1.29, 1.82) is 0 Å². The fourth-order valence-corrected chi connectivity index (χ4v) is 4.37. The maximum Gasteiger partial charge on any atom is 0.311 e. The Morgan fingerprint density at radius 2 is 1.35 bits per heavy atom. The van der Waals surface area contributed by atoms with Gasteiger partial charge in [-0.3, -0.25) is 9.59 Å². The van der Waals surface area contributed by atoms with Gasteiger partial charge in [-0.25, -0.2) is 0 Å². The van der Waals surface area contributed by atoms with Gasteiger partial charge in [0, 0.05) is 19.6 Å². The van der Waals surface area contributed by atoms with Gasteiger partial charge in [0.2, 0.25) is 0 Å². The zero-order valence-electron chi connectivity index (χ0n) is 19.5. The van der Waals surface area contributed by atoms with Gasteiger partial charge in [0.1, 0.15) is 5.75 Å². The molecule has 0 radical (unpaired) electrons. The first-order valence-corrected chi connectivity index (χ1v) is 11.7. The molecule has 1 fully saturated rings. The lowest BCUT2D eigenvalue weighted by Crippen LogP contribution is -2.41. The smallest absolute Gasteiger partial charge is 0.311 e. The van der Waals surface area contributed by atoms with Crippen molar-refractivity contribution < 1.29 is 14.3 Å². The van der Waals surface area contributed by atoms with E-state index in [1.54, 1.807) is 12.0 Å². The molecule has 2 amide bonds. The van der Waals surface area contributed by atoms with Gasteiger partial charge < -0.3 is 15.0 Å². The Hall–Kier alpha value is -3.86. The molecule has 1 saturated heterocycles. The molecule has 5 nitrogen and oxygen atoms in total. The maximum atomic E-state index is 12.5. The minimum Gasteiger partial charge on any atom is -0.497 e. The number of nitrogens with zero attached hydrogens (tertiary/aromatic N) is 1. The third kappa shape index (κ3) is 5.54. The van der Waals surface area contributed by atoms with Crippen molar-refractivity contribution in [3.8, 4) is 5.75 Å². The fraction of sp³-hybridized carbons (Fsp3) is 0.241. The highest BCUT2D eigenvalue weighted by Crippen LogP contribution is 2.34. The number of ether oxygens (including phenoxy) is 1. The van der Waals surface area contributed by atoms with Crippen LogP contribution in [-0.2, 0) is 9.59 Å². The average Bonchev–Trinajstić information content (AvgIpc) is 3.44. The van der Waals surface area contributed by atoms with Gasteiger partial charge in [0.25, 0.3) is 0 Å². The first kappa shape index (κ1) is 23.3. The maximum absolute atomic E-state index is 12.5. The highest BCUT2D eigenvalue weighted by atomic mass is 16.5. The fourth-order valence-electron chi connectivity index (χ4n) is 4.37. The van der Waals surface area contributed by atoms with Crippen LogP contribution in [0.25, 0.3) is 11.1 Å². The predicted octanol–water partition coefficient (Wildman–Crippen LogP) is 4.78. The van der Waals surface area contributed by atoms with Crippen LogP contribution in [-0.4, -0.2) is 43.5 Å². The molecule has 3 aromatic rings. The van der Waals surface area contributed by atoms with Crippen molar-refractivity contribution in [2.24, 2.45) is 0 Å². The van der Waals surface area contributed by atoms with Crippen LogP contribution in [0.5, 0.6) is 5.75 Å². The van der Waals surface area contributed by atoms with Crippen LogP contribution in [0.1, 0.15) is 36.0 Å². The van der Waals surface area contributed by atoms with Gasteiger partial charge >= 0.3 is 11.8 Å². The number of hydrogen-bond donors (Lipinski definition) is 1. The first-order chi connectivity index (χ1) is 16.7. The van der Waals surface area contributed by atoms with E-state index in [1.807, 2.05) is 48.5 Å². The second-order valence-electron chi connectivity index (χ2n) is 8.32. The molecule has 3 aromatic carbocycles. The van der Waals surface area contributed by atoms with E-state index >= 15 is 0 Å². The summed E-state index contributed by atoms with van der Waals surface area (Å²) < 4.78 is 5.36. The lowest BCUT2D eigenvalue weighted by Gasteiger charge is -2.19. The molecule has 0 atom stereocenters. The number of carbonyl (C=O) groups is 2. The number of amides is 2. The summed E-state index contributed by atoms with van der Waals surface area (Å²) in [6.45, 7) is 1.70. The molecular weight excluding hydrogens is 424 g/mol. The Labute approximate surface area is 201 Å². The molecule has 1 aliphatic heterocycles. The molecule has 0 aliphatic carbocycles. The number of nitrogens with one attached hydrogen (secondary N) is 1. The van der Waals surface area contributed by atoms with E-state index in [9.17, 15) is 9.59 Å². The van der Waals surface area contributed by atoms with Gasteiger partial charge in [-0.15, -0.1) is 0 Å². The van der Waals surface area contributed by atoms with Crippen LogP contribution in [0.15, 0.2) is 84.9 Å². The van der Waals surface area contributed by atoms with Gasteiger partial charge in [-0.2, -0.15) is 0 Å². The molecule has 174 valence electrons. The summed E-state index contributed by atoms with van der Waals surface area (Å²) in [7, 11) is 1.66. The summed E-state index contributed by atoms with van der Waals surface area (Å²) >= 11 is 0. The first-order valence-electron chi connectivity index (χ1n) is 11.7. The van der Waals surface area contributed by atoms with Gasteiger partial charge in [-0.1, -0.05) is 72.8 Å².